The van der Waals surface area contributed by atoms with E-state index in [1.807, 2.05) is 25.1 Å². The number of aromatic carboxylic acids is 1. The summed E-state index contributed by atoms with van der Waals surface area (Å²) in [4.78, 5) is 40.7. The first-order valence-electron chi connectivity index (χ1n) is 11.2. The molecule has 0 bridgehead atoms. The van der Waals surface area contributed by atoms with E-state index >= 15 is 0 Å². The molecule has 0 aromatic heterocycles. The third kappa shape index (κ3) is 6.79. The highest BCUT2D eigenvalue weighted by Crippen LogP contribution is 2.25. The Morgan fingerprint density at radius 3 is 2.27 bits per heavy atom. The predicted octanol–water partition coefficient (Wildman–Crippen LogP) is 2.84. The second kappa shape index (κ2) is 11.0. The molecule has 0 saturated carbocycles. The second-order valence-corrected chi connectivity index (χ2v) is 8.82. The van der Waals surface area contributed by atoms with Crippen LogP contribution in [0.4, 0.5) is 11.4 Å². The molecule has 2 amide bonds. The van der Waals surface area contributed by atoms with Gasteiger partial charge in [0.15, 0.2) is 0 Å². The molecule has 3 N–H and O–H groups in total. The molecule has 33 heavy (non-hydrogen) atoms. The fourth-order valence-electron chi connectivity index (χ4n) is 3.66. The van der Waals surface area contributed by atoms with Gasteiger partial charge < -0.3 is 20.6 Å². The second-order valence-electron chi connectivity index (χ2n) is 8.82. The van der Waals surface area contributed by atoms with Gasteiger partial charge in [-0.25, -0.2) is 4.79 Å². The van der Waals surface area contributed by atoms with E-state index in [9.17, 15) is 19.5 Å². The van der Waals surface area contributed by atoms with E-state index in [0.29, 0.717) is 50.7 Å². The highest BCUT2D eigenvalue weighted by molar-refractivity contribution is 6.08. The summed E-state index contributed by atoms with van der Waals surface area (Å²) in [7, 11) is 0. The normalized spacial score (nSPS) is 14.2. The van der Waals surface area contributed by atoms with E-state index in [0.717, 1.165) is 11.3 Å². The van der Waals surface area contributed by atoms with Crippen molar-refractivity contribution in [2.24, 2.45) is 5.92 Å². The average molecular weight is 453 g/mol. The number of rotatable bonds is 8. The molecule has 0 atom stereocenters. The van der Waals surface area contributed by atoms with Crippen molar-refractivity contribution < 1.29 is 19.5 Å². The van der Waals surface area contributed by atoms with Crippen LogP contribution in [0, 0.1) is 12.8 Å². The van der Waals surface area contributed by atoms with Crippen molar-refractivity contribution >= 4 is 29.2 Å². The number of carbonyl (C=O) groups is 3. The summed E-state index contributed by atoms with van der Waals surface area (Å²) >= 11 is 0. The summed E-state index contributed by atoms with van der Waals surface area (Å²) in [6, 6.07) is 12.1. The van der Waals surface area contributed by atoms with E-state index in [1.165, 1.54) is 0 Å². The number of nitrogens with one attached hydrogen (secondary N) is 2. The first-order chi connectivity index (χ1) is 15.7. The molecule has 0 aliphatic carbocycles. The Kier molecular flexibility index (Phi) is 8.06. The van der Waals surface area contributed by atoms with E-state index in [4.69, 9.17) is 0 Å². The van der Waals surface area contributed by atoms with Crippen molar-refractivity contribution in [3.63, 3.8) is 0 Å². The van der Waals surface area contributed by atoms with Crippen molar-refractivity contribution in [2.75, 3.05) is 49.5 Å². The van der Waals surface area contributed by atoms with Gasteiger partial charge in [-0.1, -0.05) is 31.5 Å². The standard InChI is InChI=1S/C25H32N4O4/c1-17(2)15-26-23(30)16-28-10-12-29(13-11-28)20-8-9-22(21(14-20)25(32)33)27-24(31)19-6-4-18(3)5-7-19/h4-9,14,17H,10-13,15-16H2,1-3H3,(H,26,30)(H,27,31)(H,32,33). The molecular formula is C25H32N4O4. The highest BCUT2D eigenvalue weighted by Gasteiger charge is 2.21. The number of hydrogen-bond acceptors (Lipinski definition) is 5. The molecular weight excluding hydrogens is 420 g/mol. The van der Waals surface area contributed by atoms with Gasteiger partial charge in [0.05, 0.1) is 17.8 Å². The van der Waals surface area contributed by atoms with Gasteiger partial charge in [-0.2, -0.15) is 0 Å². The Morgan fingerprint density at radius 1 is 1.00 bits per heavy atom. The molecule has 0 unspecified atom stereocenters. The van der Waals surface area contributed by atoms with Crippen LogP contribution in [-0.4, -0.2) is 67.1 Å². The van der Waals surface area contributed by atoms with E-state index in [1.54, 1.807) is 24.3 Å². The van der Waals surface area contributed by atoms with Gasteiger partial charge in [0.1, 0.15) is 0 Å². The minimum absolute atomic E-state index is 0.0268. The quantitative estimate of drug-likeness (QED) is 0.569. The lowest BCUT2D eigenvalue weighted by Gasteiger charge is -2.36. The summed E-state index contributed by atoms with van der Waals surface area (Å²) in [6.07, 6.45) is 0. The number of benzene rings is 2. The summed E-state index contributed by atoms with van der Waals surface area (Å²) < 4.78 is 0. The maximum absolute atomic E-state index is 12.5. The van der Waals surface area contributed by atoms with Gasteiger partial charge in [-0.3, -0.25) is 14.5 Å². The van der Waals surface area contributed by atoms with Gasteiger partial charge in [-0.05, 0) is 43.2 Å². The zero-order valence-corrected chi connectivity index (χ0v) is 19.4. The van der Waals surface area contributed by atoms with Crippen LogP contribution in [0.3, 0.4) is 0 Å². The average Bonchev–Trinajstić information content (AvgIpc) is 2.79. The fourth-order valence-corrected chi connectivity index (χ4v) is 3.66. The molecule has 176 valence electrons. The maximum Gasteiger partial charge on any atom is 0.337 e. The third-order valence-electron chi connectivity index (χ3n) is 5.61. The van der Waals surface area contributed by atoms with Crippen LogP contribution in [0.2, 0.25) is 0 Å². The number of hydrogen-bond donors (Lipinski definition) is 3. The maximum atomic E-state index is 12.5. The Hall–Kier alpha value is -3.39. The molecule has 1 aliphatic rings. The number of piperazine rings is 1. The summed E-state index contributed by atoms with van der Waals surface area (Å²) in [5.74, 6) is -1.01. The Labute approximate surface area is 194 Å². The Bertz CT molecular complexity index is 996. The monoisotopic (exact) mass is 452 g/mol. The van der Waals surface area contributed by atoms with Crippen LogP contribution in [0.5, 0.6) is 0 Å². The molecule has 1 fully saturated rings. The largest absolute Gasteiger partial charge is 0.478 e. The van der Waals surface area contributed by atoms with Crippen molar-refractivity contribution in [2.45, 2.75) is 20.8 Å². The van der Waals surface area contributed by atoms with Crippen LogP contribution in [0.1, 0.15) is 40.1 Å². The van der Waals surface area contributed by atoms with Gasteiger partial charge in [0.25, 0.3) is 5.91 Å². The number of aryl methyl sites for hydroxylation is 1. The molecule has 0 radical (unpaired) electrons. The van der Waals surface area contributed by atoms with Crippen LogP contribution in [0.15, 0.2) is 42.5 Å². The molecule has 1 saturated heterocycles. The molecule has 8 nitrogen and oxygen atoms in total. The number of carbonyl (C=O) groups excluding carboxylic acids is 2. The van der Waals surface area contributed by atoms with Crippen LogP contribution < -0.4 is 15.5 Å². The third-order valence-corrected chi connectivity index (χ3v) is 5.61. The fraction of sp³-hybridized carbons (Fsp3) is 0.400. The van der Waals surface area contributed by atoms with Crippen LogP contribution in [0.25, 0.3) is 0 Å². The van der Waals surface area contributed by atoms with Crippen LogP contribution >= 0.6 is 0 Å². The molecule has 8 heteroatoms. The van der Waals surface area contributed by atoms with Gasteiger partial charge in [0.2, 0.25) is 5.91 Å². The number of carboxylic acids is 1. The van der Waals surface area contributed by atoms with Crippen molar-refractivity contribution in [3.05, 3.63) is 59.2 Å². The highest BCUT2D eigenvalue weighted by atomic mass is 16.4. The topological polar surface area (TPSA) is 102 Å². The smallest absolute Gasteiger partial charge is 0.337 e. The van der Waals surface area contributed by atoms with E-state index < -0.39 is 5.97 Å². The summed E-state index contributed by atoms with van der Waals surface area (Å²) in [5, 5.41) is 15.4. The van der Waals surface area contributed by atoms with Gasteiger partial charge in [-0.15, -0.1) is 0 Å². The first kappa shape index (κ1) is 24.3. The molecule has 1 heterocycles. The zero-order chi connectivity index (χ0) is 24.0. The van der Waals surface area contributed by atoms with Crippen molar-refractivity contribution in [3.8, 4) is 0 Å². The number of nitrogens with zero attached hydrogens (tertiary/aromatic N) is 2. The van der Waals surface area contributed by atoms with Gasteiger partial charge >= 0.3 is 5.97 Å². The zero-order valence-electron chi connectivity index (χ0n) is 19.4. The van der Waals surface area contributed by atoms with E-state index in [2.05, 4.69) is 34.3 Å². The minimum atomic E-state index is -1.10. The molecule has 3 rings (SSSR count). The lowest BCUT2D eigenvalue weighted by Crippen LogP contribution is -2.49. The number of anilines is 2. The van der Waals surface area contributed by atoms with Crippen molar-refractivity contribution in [1.29, 1.82) is 0 Å². The number of amides is 2. The molecule has 1 aliphatic heterocycles. The summed E-state index contributed by atoms with van der Waals surface area (Å²) in [6.45, 7) is 9.89. The Morgan fingerprint density at radius 2 is 1.67 bits per heavy atom. The molecule has 2 aromatic rings. The number of carboxylic acid groups (broad SMARTS) is 1. The predicted molar refractivity (Wildman–Crippen MR) is 129 cm³/mol. The molecule has 0 spiro atoms. The lowest BCUT2D eigenvalue weighted by atomic mass is 10.1. The van der Waals surface area contributed by atoms with Crippen molar-refractivity contribution in [1.82, 2.24) is 10.2 Å². The lowest BCUT2D eigenvalue weighted by molar-refractivity contribution is -0.122. The van der Waals surface area contributed by atoms with E-state index in [-0.39, 0.29) is 23.1 Å². The minimum Gasteiger partial charge on any atom is -0.478 e. The van der Waals surface area contributed by atoms with Crippen LogP contribution in [-0.2, 0) is 4.79 Å². The first-order valence-corrected chi connectivity index (χ1v) is 11.2. The Balaban J connectivity index is 1.62. The molecule has 2 aromatic carbocycles. The SMILES string of the molecule is Cc1ccc(C(=O)Nc2ccc(N3CCN(CC(=O)NCC(C)C)CC3)cc2C(=O)O)cc1. The van der Waals surface area contributed by atoms with Gasteiger partial charge in [0, 0.05) is 44.0 Å². The summed E-state index contributed by atoms with van der Waals surface area (Å²) in [5.41, 5.74) is 2.60.